The Morgan fingerprint density at radius 2 is 1.97 bits per heavy atom. The highest BCUT2D eigenvalue weighted by atomic mass is 35.5. The maximum absolute atomic E-state index is 13.7. The Hall–Kier alpha value is -2.43. The number of carbonyl (C=O) groups excluding carboxylic acids is 1. The molecule has 0 radical (unpaired) electrons. The number of sulfonamides is 1. The number of amides is 1. The van der Waals surface area contributed by atoms with Gasteiger partial charge in [-0.1, -0.05) is 35.3 Å². The average molecular weight is 580 g/mol. The van der Waals surface area contributed by atoms with Crippen LogP contribution < -0.4 is 15.4 Å². The molecule has 0 bridgehead atoms. The fraction of sp³-hybridized carbons (Fsp3) is 0.407. The van der Waals surface area contributed by atoms with Crippen molar-refractivity contribution in [1.29, 1.82) is 0 Å². The molecule has 0 aliphatic carbocycles. The second kappa shape index (κ2) is 12.2. The molecule has 3 aromatic rings. The van der Waals surface area contributed by atoms with Crippen molar-refractivity contribution in [2.24, 2.45) is 0 Å². The minimum atomic E-state index is -4.07. The number of para-hydroxylation sites is 1. The summed E-state index contributed by atoms with van der Waals surface area (Å²) < 4.78 is 34.7. The number of hydrogen-bond donors (Lipinski definition) is 2. The normalized spacial score (nSPS) is 16.2. The Morgan fingerprint density at radius 3 is 2.74 bits per heavy atom. The van der Waals surface area contributed by atoms with Gasteiger partial charge < -0.3 is 15.4 Å². The van der Waals surface area contributed by atoms with Crippen LogP contribution in [0.4, 0.5) is 0 Å². The van der Waals surface area contributed by atoms with Gasteiger partial charge in [0.2, 0.25) is 15.9 Å². The first-order chi connectivity index (χ1) is 18.1. The van der Waals surface area contributed by atoms with E-state index >= 15 is 0 Å². The number of pyridine rings is 1. The number of benzene rings is 2. The summed E-state index contributed by atoms with van der Waals surface area (Å²) in [5.41, 5.74) is 3.00. The molecule has 38 heavy (non-hydrogen) atoms. The molecule has 11 heteroatoms. The van der Waals surface area contributed by atoms with E-state index in [0.29, 0.717) is 36.2 Å². The minimum Gasteiger partial charge on any atom is -0.487 e. The van der Waals surface area contributed by atoms with E-state index < -0.39 is 16.1 Å². The zero-order valence-electron chi connectivity index (χ0n) is 21.7. The lowest BCUT2D eigenvalue weighted by atomic mass is 10.1. The van der Waals surface area contributed by atoms with Crippen LogP contribution in [0.3, 0.4) is 0 Å². The Bertz CT molecular complexity index is 1450. The zero-order chi connectivity index (χ0) is 27.4. The maximum atomic E-state index is 13.7. The molecule has 2 heterocycles. The molecule has 2 N–H and O–H groups in total. The Kier molecular flexibility index (Phi) is 9.15. The summed E-state index contributed by atoms with van der Waals surface area (Å²) in [5, 5.41) is 7.10. The molecule has 1 aliphatic heterocycles. The smallest absolute Gasteiger partial charge is 0.245 e. The van der Waals surface area contributed by atoms with Gasteiger partial charge in [-0.15, -0.1) is 0 Å². The topological polar surface area (TPSA) is 101 Å². The lowest BCUT2D eigenvalue weighted by Gasteiger charge is -2.24. The summed E-state index contributed by atoms with van der Waals surface area (Å²) in [6, 6.07) is 9.76. The van der Waals surface area contributed by atoms with E-state index in [4.69, 9.17) is 27.9 Å². The number of rotatable bonds is 10. The Balaban J connectivity index is 1.59. The van der Waals surface area contributed by atoms with Crippen LogP contribution in [0.5, 0.6) is 5.75 Å². The molecule has 1 saturated heterocycles. The molecule has 1 amide bonds. The van der Waals surface area contributed by atoms with E-state index in [0.717, 1.165) is 29.6 Å². The summed E-state index contributed by atoms with van der Waals surface area (Å²) in [7, 11) is -2.23. The molecule has 8 nitrogen and oxygen atoms in total. The minimum absolute atomic E-state index is 0.0156. The first-order valence-corrected chi connectivity index (χ1v) is 14.8. The van der Waals surface area contributed by atoms with Gasteiger partial charge in [0.15, 0.2) is 0 Å². The molecule has 204 valence electrons. The largest absolute Gasteiger partial charge is 0.487 e. The van der Waals surface area contributed by atoms with Gasteiger partial charge in [0, 0.05) is 34.8 Å². The average Bonchev–Trinajstić information content (AvgIpc) is 3.38. The number of fused-ring (bicyclic) bond motifs is 1. The third-order valence-corrected chi connectivity index (χ3v) is 9.50. The lowest BCUT2D eigenvalue weighted by molar-refractivity contribution is -0.124. The van der Waals surface area contributed by atoms with Gasteiger partial charge in [0.25, 0.3) is 0 Å². The number of hydrogen-bond acceptors (Lipinski definition) is 6. The molecule has 1 aromatic heterocycles. The fourth-order valence-electron chi connectivity index (χ4n) is 4.74. The molecule has 1 fully saturated rings. The first kappa shape index (κ1) is 28.6. The molecular weight excluding hydrogens is 547 g/mol. The van der Waals surface area contributed by atoms with E-state index in [1.807, 2.05) is 39.1 Å². The summed E-state index contributed by atoms with van der Waals surface area (Å²) in [6.07, 6.45) is 1.78. The van der Waals surface area contributed by atoms with Crippen molar-refractivity contribution in [3.63, 3.8) is 0 Å². The van der Waals surface area contributed by atoms with Crippen LogP contribution in [0.2, 0.25) is 10.0 Å². The van der Waals surface area contributed by atoms with E-state index in [9.17, 15) is 13.2 Å². The number of halogens is 2. The molecule has 4 rings (SSSR count). The third kappa shape index (κ3) is 5.92. The number of ether oxygens (including phenoxy) is 1. The second-order valence-electron chi connectivity index (χ2n) is 9.38. The van der Waals surface area contributed by atoms with E-state index in [1.165, 1.54) is 16.4 Å². The van der Waals surface area contributed by atoms with Crippen LogP contribution in [0.15, 0.2) is 41.3 Å². The van der Waals surface area contributed by atoms with Gasteiger partial charge in [-0.3, -0.25) is 4.79 Å². The summed E-state index contributed by atoms with van der Waals surface area (Å²) in [4.78, 5) is 17.3. The highest BCUT2D eigenvalue weighted by molar-refractivity contribution is 7.89. The number of carbonyl (C=O) groups is 1. The Morgan fingerprint density at radius 1 is 1.18 bits per heavy atom. The first-order valence-electron chi connectivity index (χ1n) is 12.6. The SMILES string of the molecule is CNCCCNC(=O)C1CCCN1S(=O)(=O)c1ccc(Cl)c(COc2cccc3c(C)cc(C)nc23)c1Cl. The maximum Gasteiger partial charge on any atom is 0.245 e. The Labute approximate surface area is 233 Å². The van der Waals surface area contributed by atoms with Crippen molar-refractivity contribution < 1.29 is 17.9 Å². The molecule has 2 aromatic carbocycles. The molecule has 0 spiro atoms. The molecule has 1 aliphatic rings. The standard InChI is InChI=1S/C27H32Cl2N4O4S/c1-17-15-18(2)32-26-19(17)7-4-9-23(26)37-16-20-21(28)10-11-24(25(20)29)38(35,36)33-14-5-8-22(33)27(34)31-13-6-12-30-3/h4,7,9-11,15,22,30H,5-6,8,12-14,16H2,1-3H3,(H,31,34). The van der Waals surface area contributed by atoms with Crippen molar-refractivity contribution in [1.82, 2.24) is 19.9 Å². The summed E-state index contributed by atoms with van der Waals surface area (Å²) >= 11 is 13.1. The van der Waals surface area contributed by atoms with E-state index in [2.05, 4.69) is 15.6 Å². The monoisotopic (exact) mass is 578 g/mol. The molecule has 1 atom stereocenters. The predicted octanol–water partition coefficient (Wildman–Crippen LogP) is 4.62. The quantitative estimate of drug-likeness (QED) is 0.340. The fourth-order valence-corrected chi connectivity index (χ4v) is 7.26. The van der Waals surface area contributed by atoms with Crippen molar-refractivity contribution in [2.45, 2.75) is 50.7 Å². The van der Waals surface area contributed by atoms with Crippen LogP contribution in [-0.4, -0.2) is 56.3 Å². The molecular formula is C27H32Cl2N4O4S. The number of nitrogens with one attached hydrogen (secondary N) is 2. The zero-order valence-corrected chi connectivity index (χ0v) is 24.0. The lowest BCUT2D eigenvalue weighted by Crippen LogP contribution is -2.46. The third-order valence-electron chi connectivity index (χ3n) is 6.66. The van der Waals surface area contributed by atoms with Crippen LogP contribution in [-0.2, 0) is 21.4 Å². The molecule has 1 unspecified atom stereocenters. The van der Waals surface area contributed by atoms with Crippen molar-refractivity contribution in [3.8, 4) is 5.75 Å². The summed E-state index contributed by atoms with van der Waals surface area (Å²) in [5.74, 6) is 0.245. The van der Waals surface area contributed by atoms with E-state index in [1.54, 1.807) is 6.07 Å². The van der Waals surface area contributed by atoms with Gasteiger partial charge in [-0.05, 0) is 76.5 Å². The predicted molar refractivity (Wildman–Crippen MR) is 150 cm³/mol. The highest BCUT2D eigenvalue weighted by Gasteiger charge is 2.40. The molecule has 0 saturated carbocycles. The number of nitrogens with zero attached hydrogens (tertiary/aromatic N) is 2. The van der Waals surface area contributed by atoms with Gasteiger partial charge in [-0.25, -0.2) is 13.4 Å². The van der Waals surface area contributed by atoms with Crippen molar-refractivity contribution in [3.05, 3.63) is 63.3 Å². The van der Waals surface area contributed by atoms with Gasteiger partial charge in [-0.2, -0.15) is 4.31 Å². The van der Waals surface area contributed by atoms with Crippen molar-refractivity contribution in [2.75, 3.05) is 26.7 Å². The van der Waals surface area contributed by atoms with Gasteiger partial charge >= 0.3 is 0 Å². The van der Waals surface area contributed by atoms with Gasteiger partial charge in [0.1, 0.15) is 28.8 Å². The second-order valence-corrected chi connectivity index (χ2v) is 12.0. The van der Waals surface area contributed by atoms with Crippen LogP contribution in [0, 0.1) is 13.8 Å². The van der Waals surface area contributed by atoms with Gasteiger partial charge in [0.05, 0.1) is 5.02 Å². The van der Waals surface area contributed by atoms with E-state index in [-0.39, 0.29) is 34.0 Å². The number of aromatic nitrogens is 1. The van der Waals surface area contributed by atoms with Crippen LogP contribution in [0.25, 0.3) is 10.9 Å². The summed E-state index contributed by atoms with van der Waals surface area (Å²) in [6.45, 7) is 5.34. The number of aryl methyl sites for hydroxylation is 2. The van der Waals surface area contributed by atoms with Crippen molar-refractivity contribution >= 4 is 50.0 Å². The van der Waals surface area contributed by atoms with Crippen LogP contribution >= 0.6 is 23.2 Å². The highest BCUT2D eigenvalue weighted by Crippen LogP contribution is 2.36. The van der Waals surface area contributed by atoms with Crippen LogP contribution in [0.1, 0.15) is 36.1 Å².